The van der Waals surface area contributed by atoms with E-state index in [9.17, 15) is 0 Å². The Morgan fingerprint density at radius 3 is 2.67 bits per heavy atom. The molecule has 0 saturated carbocycles. The average Bonchev–Trinajstić information content (AvgIpc) is 1.91. The summed E-state index contributed by atoms with van der Waals surface area (Å²) in [5, 5.41) is 3.49. The third kappa shape index (κ3) is 1.57. The Labute approximate surface area is 54.2 Å². The number of rotatable bonds is 2. The van der Waals surface area contributed by atoms with Crippen LogP contribution in [-0.2, 0) is 0 Å². The van der Waals surface area contributed by atoms with E-state index in [1.807, 2.05) is 24.3 Å². The van der Waals surface area contributed by atoms with Crippen molar-refractivity contribution < 1.29 is 0 Å². The van der Waals surface area contributed by atoms with E-state index in [0.29, 0.717) is 0 Å². The van der Waals surface area contributed by atoms with Crippen LogP contribution in [0.15, 0.2) is 29.4 Å². The van der Waals surface area contributed by atoms with Gasteiger partial charge < -0.3 is 0 Å². The molecule has 0 aliphatic heterocycles. The van der Waals surface area contributed by atoms with Crippen molar-refractivity contribution in [3.63, 3.8) is 0 Å². The molecule has 0 aromatic heterocycles. The summed E-state index contributed by atoms with van der Waals surface area (Å²) in [6.45, 7) is 3.28. The summed E-state index contributed by atoms with van der Waals surface area (Å²) in [7, 11) is 0. The lowest BCUT2D eigenvalue weighted by atomic mass is 10.3. The lowest BCUT2D eigenvalue weighted by Crippen LogP contribution is -1.83. The molecular weight excluding hydrogens is 112 g/mol. The summed E-state index contributed by atoms with van der Waals surface area (Å²) in [5.74, 6) is 0. The predicted molar refractivity (Wildman–Crippen MR) is 38.4 cm³/mol. The summed E-state index contributed by atoms with van der Waals surface area (Å²) < 4.78 is 0. The van der Waals surface area contributed by atoms with Gasteiger partial charge in [-0.15, -0.1) is 0 Å². The van der Waals surface area contributed by atoms with Crippen molar-refractivity contribution in [2.75, 3.05) is 5.43 Å². The molecule has 0 fully saturated rings. The van der Waals surface area contributed by atoms with Crippen molar-refractivity contribution in [2.45, 2.75) is 0 Å². The van der Waals surface area contributed by atoms with E-state index in [4.69, 9.17) is 0 Å². The van der Waals surface area contributed by atoms with E-state index in [1.165, 1.54) is 0 Å². The molecule has 9 heavy (non-hydrogen) atoms. The summed E-state index contributed by atoms with van der Waals surface area (Å²) in [4.78, 5) is 0. The van der Waals surface area contributed by atoms with Crippen LogP contribution >= 0.6 is 0 Å². The second kappa shape index (κ2) is 2.87. The van der Waals surface area contributed by atoms with Crippen LogP contribution in [0, 0.1) is 6.07 Å². The van der Waals surface area contributed by atoms with E-state index >= 15 is 0 Å². The van der Waals surface area contributed by atoms with Crippen molar-refractivity contribution in [2.24, 2.45) is 5.10 Å². The fourth-order valence-electron chi connectivity index (χ4n) is 0.553. The van der Waals surface area contributed by atoms with E-state index in [1.54, 1.807) is 0 Å². The van der Waals surface area contributed by atoms with Crippen molar-refractivity contribution in [1.29, 1.82) is 0 Å². The van der Waals surface area contributed by atoms with Gasteiger partial charge >= 0.3 is 0 Å². The molecular formula is C7H7N2. The number of anilines is 1. The molecule has 0 saturated heterocycles. The van der Waals surface area contributed by atoms with Gasteiger partial charge in [-0.1, -0.05) is 12.1 Å². The molecule has 0 bridgehead atoms. The van der Waals surface area contributed by atoms with E-state index in [-0.39, 0.29) is 0 Å². The molecule has 2 heteroatoms. The minimum absolute atomic E-state index is 0.934. The van der Waals surface area contributed by atoms with Gasteiger partial charge in [0.1, 0.15) is 0 Å². The summed E-state index contributed by atoms with van der Waals surface area (Å²) >= 11 is 0. The van der Waals surface area contributed by atoms with Gasteiger partial charge in [-0.05, 0) is 18.2 Å². The van der Waals surface area contributed by atoms with Gasteiger partial charge in [0.25, 0.3) is 0 Å². The molecule has 0 amide bonds. The highest BCUT2D eigenvalue weighted by Crippen LogP contribution is 2.02. The number of hydrazone groups is 1. The van der Waals surface area contributed by atoms with Crippen molar-refractivity contribution >= 4 is 12.4 Å². The first-order chi connectivity index (χ1) is 4.43. The van der Waals surface area contributed by atoms with E-state index in [0.717, 1.165) is 5.69 Å². The maximum atomic E-state index is 3.49. The van der Waals surface area contributed by atoms with Crippen LogP contribution in [0.5, 0.6) is 0 Å². The zero-order chi connectivity index (χ0) is 6.53. The van der Waals surface area contributed by atoms with E-state index in [2.05, 4.69) is 23.3 Å². The van der Waals surface area contributed by atoms with Crippen LogP contribution in [0.25, 0.3) is 0 Å². The Morgan fingerprint density at radius 2 is 2.11 bits per heavy atom. The van der Waals surface area contributed by atoms with Crippen LogP contribution in [0.3, 0.4) is 0 Å². The highest BCUT2D eigenvalue weighted by Gasteiger charge is 1.80. The number of nitrogens with one attached hydrogen (secondary N) is 1. The molecule has 45 valence electrons. The molecule has 0 spiro atoms. The minimum atomic E-state index is 0.934. The number of hydrogen-bond acceptors (Lipinski definition) is 2. The topological polar surface area (TPSA) is 24.4 Å². The highest BCUT2D eigenvalue weighted by molar-refractivity contribution is 5.43. The first kappa shape index (κ1) is 5.82. The normalized spacial score (nSPS) is 8.44. The van der Waals surface area contributed by atoms with Gasteiger partial charge in [0.2, 0.25) is 0 Å². The van der Waals surface area contributed by atoms with Crippen LogP contribution in [0.1, 0.15) is 0 Å². The first-order valence-electron chi connectivity index (χ1n) is 2.61. The SMILES string of the molecule is C=NNc1cc[c]cc1. The Bertz CT molecular complexity index is 181. The fraction of sp³-hybridized carbons (Fsp3) is 0. The molecule has 0 aliphatic rings. The summed E-state index contributed by atoms with van der Waals surface area (Å²) in [5.41, 5.74) is 3.64. The smallest absolute Gasteiger partial charge is 0.0561 e. The van der Waals surface area contributed by atoms with Crippen molar-refractivity contribution in [3.8, 4) is 0 Å². The standard InChI is InChI=1S/C7H7N2/c1-8-9-7-5-3-2-4-6-7/h3-6,9H,1H2. The third-order valence-electron chi connectivity index (χ3n) is 0.926. The third-order valence-corrected chi connectivity index (χ3v) is 0.926. The molecule has 1 aromatic carbocycles. The summed E-state index contributed by atoms with van der Waals surface area (Å²) in [6, 6.07) is 10.3. The summed E-state index contributed by atoms with van der Waals surface area (Å²) in [6.07, 6.45) is 0. The fourth-order valence-corrected chi connectivity index (χ4v) is 0.553. The van der Waals surface area contributed by atoms with Gasteiger partial charge in [0, 0.05) is 6.72 Å². The largest absolute Gasteiger partial charge is 0.279 e. The zero-order valence-electron chi connectivity index (χ0n) is 4.96. The molecule has 0 heterocycles. The number of benzene rings is 1. The first-order valence-corrected chi connectivity index (χ1v) is 2.61. The Kier molecular flexibility index (Phi) is 1.85. The van der Waals surface area contributed by atoms with Crippen LogP contribution in [0.4, 0.5) is 5.69 Å². The van der Waals surface area contributed by atoms with Gasteiger partial charge in [-0.2, -0.15) is 5.10 Å². The number of nitrogens with zero attached hydrogens (tertiary/aromatic N) is 1. The van der Waals surface area contributed by atoms with Crippen LogP contribution in [0.2, 0.25) is 0 Å². The Balaban J connectivity index is 2.72. The van der Waals surface area contributed by atoms with Crippen molar-refractivity contribution in [1.82, 2.24) is 0 Å². The second-order valence-electron chi connectivity index (χ2n) is 1.56. The molecule has 2 nitrogen and oxygen atoms in total. The quantitative estimate of drug-likeness (QED) is 0.463. The van der Waals surface area contributed by atoms with Crippen LogP contribution in [-0.4, -0.2) is 6.72 Å². The van der Waals surface area contributed by atoms with Crippen LogP contribution < -0.4 is 5.43 Å². The van der Waals surface area contributed by atoms with Gasteiger partial charge in [-0.25, -0.2) is 0 Å². The maximum Gasteiger partial charge on any atom is 0.0561 e. The molecule has 0 aliphatic carbocycles. The average molecular weight is 119 g/mol. The van der Waals surface area contributed by atoms with Crippen molar-refractivity contribution in [3.05, 3.63) is 30.3 Å². The second-order valence-corrected chi connectivity index (χ2v) is 1.56. The molecule has 1 radical (unpaired) electrons. The zero-order valence-corrected chi connectivity index (χ0v) is 4.96. The van der Waals surface area contributed by atoms with E-state index < -0.39 is 0 Å². The lowest BCUT2D eigenvalue weighted by Gasteiger charge is -1.94. The lowest BCUT2D eigenvalue weighted by molar-refractivity contribution is 1.36. The Morgan fingerprint density at radius 1 is 1.44 bits per heavy atom. The molecule has 0 atom stereocenters. The monoisotopic (exact) mass is 119 g/mol. The molecule has 1 aromatic rings. The highest BCUT2D eigenvalue weighted by atomic mass is 15.3. The predicted octanol–water partition coefficient (Wildman–Crippen LogP) is 1.51. The van der Waals surface area contributed by atoms with Gasteiger partial charge in [0.05, 0.1) is 5.69 Å². The number of hydrogen-bond donors (Lipinski definition) is 1. The van der Waals surface area contributed by atoms with Gasteiger partial charge in [-0.3, -0.25) is 5.43 Å². The molecule has 1 rings (SSSR count). The maximum absolute atomic E-state index is 3.49. The minimum Gasteiger partial charge on any atom is -0.279 e. The Hall–Kier alpha value is -1.31. The molecule has 0 unspecified atom stereocenters. The molecule has 1 N–H and O–H groups in total. The van der Waals surface area contributed by atoms with Gasteiger partial charge in [0.15, 0.2) is 0 Å².